The molecule has 0 saturated carbocycles. The minimum Gasteiger partial charge on any atom is -0.401 e. The van der Waals surface area contributed by atoms with E-state index in [0.29, 0.717) is 23.0 Å². The Morgan fingerprint density at radius 3 is 2.11 bits per heavy atom. The number of halogens is 1. The summed E-state index contributed by atoms with van der Waals surface area (Å²) < 4.78 is 12.9. The number of carbonyl (C=O) groups excluding carboxylic acids is 1. The van der Waals surface area contributed by atoms with Crippen LogP contribution in [0.1, 0.15) is 26.7 Å². The van der Waals surface area contributed by atoms with Crippen LogP contribution in [0.25, 0.3) is 0 Å². The van der Waals surface area contributed by atoms with Crippen LogP contribution in [-0.2, 0) is 0 Å². The predicted octanol–water partition coefficient (Wildman–Crippen LogP) is 4.39. The molecule has 0 radical (unpaired) electrons. The van der Waals surface area contributed by atoms with Crippen LogP contribution in [0, 0.1) is 11.7 Å². The summed E-state index contributed by atoms with van der Waals surface area (Å²) in [6.07, 6.45) is 3.49. The van der Waals surface area contributed by atoms with E-state index in [4.69, 9.17) is 11.6 Å². The second kappa shape index (κ2) is 9.59. The normalized spacial score (nSPS) is 11.4. The van der Waals surface area contributed by atoms with Gasteiger partial charge >= 0.3 is 6.03 Å². The Hall–Kier alpha value is -3.06. The molecule has 0 atom stereocenters. The van der Waals surface area contributed by atoms with Gasteiger partial charge in [-0.05, 0) is 67.3 Å². The van der Waals surface area contributed by atoms with E-state index in [1.165, 1.54) is 29.3 Å². The van der Waals surface area contributed by atoms with Crippen molar-refractivity contribution in [3.05, 3.63) is 66.2 Å². The molecule has 0 saturated heterocycles. The number of rotatable bonds is 7. The van der Waals surface area contributed by atoms with Gasteiger partial charge in [0.2, 0.25) is 0 Å². The predicted molar refractivity (Wildman–Crippen MR) is 108 cm³/mol. The van der Waals surface area contributed by atoms with Crippen LogP contribution in [0.4, 0.5) is 26.2 Å². The van der Waals surface area contributed by atoms with Gasteiger partial charge in [0.15, 0.2) is 0 Å². The van der Waals surface area contributed by atoms with Crippen molar-refractivity contribution in [3.63, 3.8) is 0 Å². The molecule has 2 aromatic rings. The highest BCUT2D eigenvalue weighted by molar-refractivity contribution is 5.99. The smallest absolute Gasteiger partial charge is 0.323 e. The van der Waals surface area contributed by atoms with Gasteiger partial charge in [-0.2, -0.15) is 0 Å². The Kier molecular flexibility index (Phi) is 7.19. The lowest BCUT2D eigenvalue weighted by Crippen LogP contribution is -2.26. The van der Waals surface area contributed by atoms with Crippen molar-refractivity contribution >= 4 is 23.1 Å². The van der Waals surface area contributed by atoms with Crippen molar-refractivity contribution in [1.29, 1.82) is 0 Å². The van der Waals surface area contributed by atoms with Crippen LogP contribution >= 0.6 is 0 Å². The molecule has 0 heterocycles. The van der Waals surface area contributed by atoms with Gasteiger partial charge in [-0.25, -0.2) is 15.0 Å². The Balaban J connectivity index is 1.91. The number of amides is 2. The highest BCUT2D eigenvalue weighted by Crippen LogP contribution is 2.18. The third-order valence-electron chi connectivity index (χ3n) is 3.84. The monoisotopic (exact) mass is 371 g/mol. The number of hydrogen-bond acceptors (Lipinski definition) is 4. The van der Waals surface area contributed by atoms with E-state index in [0.717, 1.165) is 18.5 Å². The number of hydrogen-bond donors (Lipinski definition) is 4. The Bertz CT molecular complexity index is 772. The summed E-state index contributed by atoms with van der Waals surface area (Å²) >= 11 is 0. The molecule has 0 aliphatic heterocycles. The van der Waals surface area contributed by atoms with Gasteiger partial charge in [-0.15, -0.1) is 0 Å². The number of urea groups is 1. The van der Waals surface area contributed by atoms with Crippen molar-refractivity contribution < 1.29 is 9.18 Å². The molecule has 0 aliphatic rings. The second-order valence-electron chi connectivity index (χ2n) is 6.68. The zero-order chi connectivity index (χ0) is 19.8. The van der Waals surface area contributed by atoms with Gasteiger partial charge in [0.1, 0.15) is 5.82 Å². The van der Waals surface area contributed by atoms with Gasteiger partial charge in [0, 0.05) is 23.3 Å². The largest absolute Gasteiger partial charge is 0.401 e. The number of nitrogens with one attached hydrogen (secondary N) is 2. The van der Waals surface area contributed by atoms with E-state index in [-0.39, 0.29) is 5.82 Å². The fourth-order valence-electron chi connectivity index (χ4n) is 2.32. The first-order valence-corrected chi connectivity index (χ1v) is 8.77. The quantitative estimate of drug-likeness (QED) is 0.429. The number of nitrogens with zero attached hydrogens (tertiary/aromatic N) is 1. The van der Waals surface area contributed by atoms with Crippen LogP contribution < -0.4 is 27.2 Å². The van der Waals surface area contributed by atoms with Crippen LogP contribution in [0.15, 0.2) is 60.4 Å². The Morgan fingerprint density at radius 2 is 1.59 bits per heavy atom. The van der Waals surface area contributed by atoms with Crippen molar-refractivity contribution in [2.75, 3.05) is 15.6 Å². The third kappa shape index (κ3) is 6.99. The summed E-state index contributed by atoms with van der Waals surface area (Å²) in [6.45, 7) is 4.29. The molecule has 27 heavy (non-hydrogen) atoms. The van der Waals surface area contributed by atoms with E-state index in [1.54, 1.807) is 30.5 Å². The summed E-state index contributed by atoms with van der Waals surface area (Å²) in [4.78, 5) is 12.0. The molecule has 2 rings (SSSR count). The Labute approximate surface area is 159 Å². The van der Waals surface area contributed by atoms with Crippen molar-refractivity contribution in [1.82, 2.24) is 0 Å². The zero-order valence-electron chi connectivity index (χ0n) is 15.6. The first-order valence-electron chi connectivity index (χ1n) is 8.77. The first kappa shape index (κ1) is 20.3. The molecule has 144 valence electrons. The van der Waals surface area contributed by atoms with E-state index in [1.807, 2.05) is 0 Å². The highest BCUT2D eigenvalue weighted by Gasteiger charge is 2.05. The van der Waals surface area contributed by atoms with Crippen LogP contribution in [0.3, 0.4) is 0 Å². The fraction of sp³-hybridized carbons (Fsp3) is 0.250. The lowest BCUT2D eigenvalue weighted by Gasteiger charge is -2.16. The molecule has 0 fully saturated rings. The van der Waals surface area contributed by atoms with Gasteiger partial charge in [0.05, 0.1) is 5.69 Å². The molecule has 2 amide bonds. The number of benzene rings is 2. The molecule has 7 heteroatoms. The average molecular weight is 371 g/mol. The van der Waals surface area contributed by atoms with Gasteiger partial charge < -0.3 is 16.4 Å². The number of allylic oxidation sites excluding steroid dienone is 1. The molecular weight excluding hydrogens is 345 g/mol. The van der Waals surface area contributed by atoms with E-state index < -0.39 is 6.03 Å². The molecule has 0 spiro atoms. The minimum absolute atomic E-state index is 0.359. The molecule has 2 aromatic carbocycles. The maximum atomic E-state index is 12.9. The number of nitrogens with two attached hydrogens (primary N) is 2. The summed E-state index contributed by atoms with van der Waals surface area (Å²) in [6, 6.07) is 12.1. The molecule has 0 aromatic heterocycles. The standard InChI is InChI=1S/C20H26FN5O/c1-14(2)3-6-16(22)13-26(23)19-11-9-18(10-12-19)25-20(27)24-17-7-4-15(21)5-8-17/h4-5,7-14H,3,6,22-23H2,1-2H3,(H2,24,25,27)/b16-13-. The van der Waals surface area contributed by atoms with Crippen LogP contribution in [0.2, 0.25) is 0 Å². The maximum absolute atomic E-state index is 12.9. The summed E-state index contributed by atoms with van der Waals surface area (Å²) in [5.74, 6) is 6.23. The number of hydrazine groups is 1. The lowest BCUT2D eigenvalue weighted by molar-refractivity contribution is 0.262. The number of anilines is 3. The first-order chi connectivity index (χ1) is 12.8. The lowest BCUT2D eigenvalue weighted by atomic mass is 10.1. The summed E-state index contributed by atoms with van der Waals surface area (Å²) in [5, 5.41) is 6.78. The van der Waals surface area contributed by atoms with Gasteiger partial charge in [0.25, 0.3) is 0 Å². The SMILES string of the molecule is CC(C)CC/C(N)=C/N(N)c1ccc(NC(=O)Nc2ccc(F)cc2)cc1. The van der Waals surface area contributed by atoms with Crippen molar-refractivity contribution in [3.8, 4) is 0 Å². The molecule has 0 unspecified atom stereocenters. The Morgan fingerprint density at radius 1 is 1.07 bits per heavy atom. The van der Waals surface area contributed by atoms with E-state index in [2.05, 4.69) is 24.5 Å². The van der Waals surface area contributed by atoms with Crippen molar-refractivity contribution in [2.45, 2.75) is 26.7 Å². The van der Waals surface area contributed by atoms with E-state index >= 15 is 0 Å². The summed E-state index contributed by atoms with van der Waals surface area (Å²) in [7, 11) is 0. The van der Waals surface area contributed by atoms with Crippen molar-refractivity contribution in [2.24, 2.45) is 17.5 Å². The summed E-state index contributed by atoms with van der Waals surface area (Å²) in [5.41, 5.74) is 8.55. The second-order valence-corrected chi connectivity index (χ2v) is 6.68. The van der Waals surface area contributed by atoms with E-state index in [9.17, 15) is 9.18 Å². The average Bonchev–Trinajstić information content (AvgIpc) is 2.62. The molecule has 6 nitrogen and oxygen atoms in total. The highest BCUT2D eigenvalue weighted by atomic mass is 19.1. The third-order valence-corrected chi connectivity index (χ3v) is 3.84. The minimum atomic E-state index is -0.420. The molecule has 0 aliphatic carbocycles. The molecular formula is C20H26FN5O. The maximum Gasteiger partial charge on any atom is 0.323 e. The van der Waals surface area contributed by atoms with Crippen LogP contribution in [-0.4, -0.2) is 6.03 Å². The molecule has 0 bridgehead atoms. The topological polar surface area (TPSA) is 96.4 Å². The fourth-order valence-corrected chi connectivity index (χ4v) is 2.32. The number of carbonyl (C=O) groups is 1. The zero-order valence-corrected chi connectivity index (χ0v) is 15.6. The van der Waals surface area contributed by atoms with Gasteiger partial charge in [-0.3, -0.25) is 5.01 Å². The van der Waals surface area contributed by atoms with Crippen LogP contribution in [0.5, 0.6) is 0 Å². The molecule has 6 N–H and O–H groups in total. The van der Waals surface area contributed by atoms with Gasteiger partial charge in [-0.1, -0.05) is 13.8 Å².